The van der Waals surface area contributed by atoms with Gasteiger partial charge in [-0.2, -0.15) is 0 Å². The molecule has 0 spiro atoms. The second-order valence-electron chi connectivity index (χ2n) is 5.30. The van der Waals surface area contributed by atoms with Gasteiger partial charge in [0, 0.05) is 18.5 Å². The number of rotatable bonds is 4. The highest BCUT2D eigenvalue weighted by atomic mass is 16.7. The maximum atomic E-state index is 5.77. The summed E-state index contributed by atoms with van der Waals surface area (Å²) in [4.78, 5) is 4.29. The summed E-state index contributed by atoms with van der Waals surface area (Å²) in [6.45, 7) is 7.71. The Bertz CT molecular complexity index is 195. The van der Waals surface area contributed by atoms with E-state index in [0.717, 1.165) is 19.7 Å². The van der Waals surface area contributed by atoms with Crippen molar-refractivity contribution in [3.63, 3.8) is 0 Å². The third-order valence-electron chi connectivity index (χ3n) is 2.57. The molecule has 15 heavy (non-hydrogen) atoms. The molecule has 1 rings (SSSR count). The second kappa shape index (κ2) is 5.25. The maximum Gasteiger partial charge on any atom is 0.165 e. The normalized spacial score (nSPS) is 27.2. The average Bonchev–Trinajstić information content (AvgIpc) is 2.07. The van der Waals surface area contributed by atoms with Gasteiger partial charge in [0.1, 0.15) is 6.73 Å². The third kappa shape index (κ3) is 4.07. The molecule has 0 amide bonds. The number of likely N-dealkylation sites (N-methyl/N-ethyl adjacent to an activating group) is 1. The number of ether oxygens (including phenoxy) is 2. The molecular formula is C11H24N2O2. The first-order valence-corrected chi connectivity index (χ1v) is 5.48. The molecule has 1 saturated heterocycles. The average molecular weight is 216 g/mol. The fourth-order valence-corrected chi connectivity index (χ4v) is 1.85. The summed E-state index contributed by atoms with van der Waals surface area (Å²) in [6, 6.07) is 0. The van der Waals surface area contributed by atoms with Crippen LogP contribution in [0.3, 0.4) is 0 Å². The molecule has 0 N–H and O–H groups in total. The van der Waals surface area contributed by atoms with E-state index in [1.165, 1.54) is 0 Å². The quantitative estimate of drug-likeness (QED) is 0.695. The lowest BCUT2D eigenvalue weighted by atomic mass is 9.91. The fraction of sp³-hybridized carbons (Fsp3) is 1.00. The van der Waals surface area contributed by atoms with Crippen LogP contribution in [0.2, 0.25) is 0 Å². The molecule has 0 unspecified atom stereocenters. The van der Waals surface area contributed by atoms with E-state index < -0.39 is 0 Å². The monoisotopic (exact) mass is 216 g/mol. The van der Waals surface area contributed by atoms with Gasteiger partial charge in [-0.05, 0) is 21.1 Å². The molecule has 1 fully saturated rings. The lowest BCUT2D eigenvalue weighted by Crippen LogP contribution is -2.50. The van der Waals surface area contributed by atoms with E-state index in [-0.39, 0.29) is 11.7 Å². The van der Waals surface area contributed by atoms with Gasteiger partial charge in [-0.3, -0.25) is 4.90 Å². The minimum Gasteiger partial charge on any atom is -0.351 e. The first kappa shape index (κ1) is 12.9. The zero-order valence-electron chi connectivity index (χ0n) is 10.6. The zero-order valence-corrected chi connectivity index (χ0v) is 10.6. The van der Waals surface area contributed by atoms with Gasteiger partial charge in [0.25, 0.3) is 0 Å². The Balaban J connectivity index is 2.34. The molecule has 0 aromatic carbocycles. The van der Waals surface area contributed by atoms with E-state index in [0.29, 0.717) is 6.73 Å². The van der Waals surface area contributed by atoms with Gasteiger partial charge in [0.2, 0.25) is 0 Å². The first-order valence-electron chi connectivity index (χ1n) is 5.48. The van der Waals surface area contributed by atoms with Gasteiger partial charge in [0.15, 0.2) is 6.29 Å². The molecule has 1 atom stereocenters. The van der Waals surface area contributed by atoms with Gasteiger partial charge < -0.3 is 14.4 Å². The lowest BCUT2D eigenvalue weighted by molar-refractivity contribution is -0.250. The molecule has 1 aliphatic rings. The summed E-state index contributed by atoms with van der Waals surface area (Å²) in [5.74, 6) is 0. The summed E-state index contributed by atoms with van der Waals surface area (Å²) in [6.07, 6.45) is -0.0753. The molecule has 0 radical (unpaired) electrons. The zero-order chi connectivity index (χ0) is 11.5. The van der Waals surface area contributed by atoms with Crippen molar-refractivity contribution < 1.29 is 9.47 Å². The predicted molar refractivity (Wildman–Crippen MR) is 60.7 cm³/mol. The fourth-order valence-electron chi connectivity index (χ4n) is 1.85. The van der Waals surface area contributed by atoms with Gasteiger partial charge in [-0.1, -0.05) is 13.8 Å². The number of nitrogens with zero attached hydrogens (tertiary/aromatic N) is 2. The second-order valence-corrected chi connectivity index (χ2v) is 5.30. The van der Waals surface area contributed by atoms with E-state index >= 15 is 0 Å². The maximum absolute atomic E-state index is 5.77. The van der Waals surface area contributed by atoms with Crippen LogP contribution in [0.1, 0.15) is 13.8 Å². The SMILES string of the molecule is CN(C)CCO[C@@H]1OCN(C)CC1(C)C. The highest BCUT2D eigenvalue weighted by Gasteiger charge is 2.36. The van der Waals surface area contributed by atoms with E-state index in [2.05, 4.69) is 30.7 Å². The lowest BCUT2D eigenvalue weighted by Gasteiger charge is -2.42. The molecule has 0 bridgehead atoms. The molecule has 0 aromatic rings. The molecular weight excluding hydrogens is 192 g/mol. The Morgan fingerprint density at radius 1 is 1.47 bits per heavy atom. The minimum atomic E-state index is -0.0753. The molecule has 0 saturated carbocycles. The van der Waals surface area contributed by atoms with Gasteiger partial charge in [-0.15, -0.1) is 0 Å². The predicted octanol–water partition coefficient (Wildman–Crippen LogP) is 0.836. The number of hydrogen-bond acceptors (Lipinski definition) is 4. The van der Waals surface area contributed by atoms with Crippen LogP contribution in [0.5, 0.6) is 0 Å². The van der Waals surface area contributed by atoms with Crippen molar-refractivity contribution >= 4 is 0 Å². The van der Waals surface area contributed by atoms with Crippen molar-refractivity contribution in [2.24, 2.45) is 5.41 Å². The van der Waals surface area contributed by atoms with Crippen LogP contribution in [0.25, 0.3) is 0 Å². The summed E-state index contributed by atoms with van der Waals surface area (Å²) in [5.41, 5.74) is 0.0688. The van der Waals surface area contributed by atoms with Crippen molar-refractivity contribution in [2.45, 2.75) is 20.1 Å². The van der Waals surface area contributed by atoms with E-state index in [1.807, 2.05) is 14.1 Å². The standard InChI is InChI=1S/C11H24N2O2/c1-11(2)8-13(5)9-15-10(11)14-7-6-12(3)4/h10H,6-9H2,1-5H3/t10-/m1/s1. The Morgan fingerprint density at radius 2 is 2.13 bits per heavy atom. The third-order valence-corrected chi connectivity index (χ3v) is 2.57. The first-order chi connectivity index (χ1) is 6.92. The van der Waals surface area contributed by atoms with E-state index in [9.17, 15) is 0 Å². The summed E-state index contributed by atoms with van der Waals surface area (Å²) < 4.78 is 11.4. The Morgan fingerprint density at radius 3 is 2.67 bits per heavy atom. The molecule has 1 heterocycles. The Labute approximate surface area is 93.1 Å². The Kier molecular flexibility index (Phi) is 4.52. The van der Waals surface area contributed by atoms with Gasteiger partial charge in [-0.25, -0.2) is 0 Å². The number of hydrogen-bond donors (Lipinski definition) is 0. The minimum absolute atomic E-state index is 0.0688. The smallest absolute Gasteiger partial charge is 0.165 e. The summed E-state index contributed by atoms with van der Waals surface area (Å²) in [5, 5.41) is 0. The van der Waals surface area contributed by atoms with Crippen LogP contribution in [0.15, 0.2) is 0 Å². The molecule has 0 aliphatic carbocycles. The molecule has 4 heteroatoms. The highest BCUT2D eigenvalue weighted by Crippen LogP contribution is 2.28. The van der Waals surface area contributed by atoms with Crippen LogP contribution >= 0.6 is 0 Å². The van der Waals surface area contributed by atoms with Crippen LogP contribution < -0.4 is 0 Å². The van der Waals surface area contributed by atoms with Crippen molar-refractivity contribution in [3.8, 4) is 0 Å². The molecule has 1 aliphatic heterocycles. The van der Waals surface area contributed by atoms with Crippen molar-refractivity contribution in [3.05, 3.63) is 0 Å². The van der Waals surface area contributed by atoms with Crippen LogP contribution in [-0.2, 0) is 9.47 Å². The molecule has 0 aromatic heterocycles. The summed E-state index contributed by atoms with van der Waals surface area (Å²) >= 11 is 0. The van der Waals surface area contributed by atoms with E-state index in [1.54, 1.807) is 0 Å². The highest BCUT2D eigenvalue weighted by molar-refractivity contribution is 4.79. The van der Waals surface area contributed by atoms with Gasteiger partial charge in [0.05, 0.1) is 6.61 Å². The van der Waals surface area contributed by atoms with Crippen LogP contribution in [-0.4, -0.2) is 63.7 Å². The van der Waals surface area contributed by atoms with Crippen LogP contribution in [0, 0.1) is 5.41 Å². The molecule has 4 nitrogen and oxygen atoms in total. The van der Waals surface area contributed by atoms with Crippen molar-refractivity contribution in [1.82, 2.24) is 9.80 Å². The summed E-state index contributed by atoms with van der Waals surface area (Å²) in [7, 11) is 6.16. The van der Waals surface area contributed by atoms with E-state index in [4.69, 9.17) is 9.47 Å². The van der Waals surface area contributed by atoms with Crippen molar-refractivity contribution in [1.29, 1.82) is 0 Å². The Hall–Kier alpha value is -0.160. The largest absolute Gasteiger partial charge is 0.351 e. The van der Waals surface area contributed by atoms with Gasteiger partial charge >= 0.3 is 0 Å². The topological polar surface area (TPSA) is 24.9 Å². The van der Waals surface area contributed by atoms with Crippen molar-refractivity contribution in [2.75, 3.05) is 47.6 Å². The van der Waals surface area contributed by atoms with Crippen LogP contribution in [0.4, 0.5) is 0 Å². The molecule has 90 valence electrons.